The van der Waals surface area contributed by atoms with E-state index in [2.05, 4.69) is 5.10 Å². The minimum absolute atomic E-state index is 0.0146. The van der Waals surface area contributed by atoms with Crippen molar-refractivity contribution in [2.45, 2.75) is 44.7 Å². The Kier molecular flexibility index (Phi) is 5.93. The van der Waals surface area contributed by atoms with Gasteiger partial charge in [-0.3, -0.25) is 14.3 Å². The van der Waals surface area contributed by atoms with Crippen LogP contribution in [0.4, 0.5) is 0 Å². The fraction of sp³-hybridized carbons (Fsp3) is 0.421. The van der Waals surface area contributed by atoms with E-state index >= 15 is 0 Å². The first-order valence-corrected chi connectivity index (χ1v) is 9.21. The fourth-order valence-electron chi connectivity index (χ4n) is 3.39. The normalized spacial score (nSPS) is 17.3. The summed E-state index contributed by atoms with van der Waals surface area (Å²) in [6.07, 6.45) is 6.71. The van der Waals surface area contributed by atoms with Crippen molar-refractivity contribution >= 4 is 23.5 Å². The molecule has 1 fully saturated rings. The van der Waals surface area contributed by atoms with E-state index in [1.807, 2.05) is 29.2 Å². The van der Waals surface area contributed by atoms with Gasteiger partial charge in [-0.15, -0.1) is 0 Å². The Balaban J connectivity index is 1.70. The Morgan fingerprint density at radius 1 is 1.27 bits per heavy atom. The number of amides is 1. The third kappa shape index (κ3) is 4.43. The van der Waals surface area contributed by atoms with E-state index in [-0.39, 0.29) is 18.4 Å². The molecule has 1 aliphatic rings. The molecule has 2 aromatic rings. The molecule has 0 radical (unpaired) electrons. The van der Waals surface area contributed by atoms with Crippen LogP contribution in [0.15, 0.2) is 36.7 Å². The van der Waals surface area contributed by atoms with Gasteiger partial charge in [0.1, 0.15) is 0 Å². The first kappa shape index (κ1) is 18.5. The van der Waals surface area contributed by atoms with E-state index in [1.165, 1.54) is 0 Å². The Morgan fingerprint density at radius 2 is 2.08 bits per heavy atom. The average Bonchev–Trinajstić information content (AvgIpc) is 3.10. The number of benzene rings is 1. The van der Waals surface area contributed by atoms with Gasteiger partial charge in [0.15, 0.2) is 0 Å². The quantitative estimate of drug-likeness (QED) is 0.839. The number of halogens is 1. The predicted octanol–water partition coefficient (Wildman–Crippen LogP) is 3.44. The summed E-state index contributed by atoms with van der Waals surface area (Å²) in [6, 6.07) is 7.53. The van der Waals surface area contributed by atoms with Crippen molar-refractivity contribution in [1.29, 1.82) is 0 Å². The van der Waals surface area contributed by atoms with Gasteiger partial charge in [0.2, 0.25) is 0 Å². The maximum Gasteiger partial charge on any atom is 0.303 e. The number of aliphatic carboxylic acids is 1. The molecule has 1 aliphatic heterocycles. The number of piperidine rings is 1. The van der Waals surface area contributed by atoms with Crippen molar-refractivity contribution in [2.75, 3.05) is 6.54 Å². The van der Waals surface area contributed by atoms with Crippen LogP contribution >= 0.6 is 11.6 Å². The first-order valence-electron chi connectivity index (χ1n) is 8.83. The number of carbonyl (C=O) groups excluding carboxylic acids is 1. The highest BCUT2D eigenvalue weighted by atomic mass is 35.5. The van der Waals surface area contributed by atoms with E-state index in [0.29, 0.717) is 30.1 Å². The maximum absolute atomic E-state index is 12.9. The Hall–Kier alpha value is -2.34. The number of hydrogen-bond acceptors (Lipinski definition) is 3. The van der Waals surface area contributed by atoms with Crippen LogP contribution in [0, 0.1) is 0 Å². The SMILES string of the molecule is O=C(O)CCC1CCCCN1C(=O)c1cnn(Cc2ccccc2Cl)c1. The number of carbonyl (C=O) groups is 2. The smallest absolute Gasteiger partial charge is 0.303 e. The number of aromatic nitrogens is 2. The second-order valence-corrected chi connectivity index (χ2v) is 7.01. The van der Waals surface area contributed by atoms with E-state index in [9.17, 15) is 9.59 Å². The molecule has 1 N–H and O–H groups in total. The molecular weight excluding hydrogens is 354 g/mol. The Morgan fingerprint density at radius 3 is 2.85 bits per heavy atom. The molecular formula is C19H22ClN3O3. The van der Waals surface area contributed by atoms with E-state index in [4.69, 9.17) is 16.7 Å². The average molecular weight is 376 g/mol. The van der Waals surface area contributed by atoms with Crippen LogP contribution < -0.4 is 0 Å². The molecule has 1 unspecified atom stereocenters. The molecule has 3 rings (SSSR count). The number of nitrogens with zero attached hydrogens (tertiary/aromatic N) is 3. The second kappa shape index (κ2) is 8.36. The lowest BCUT2D eigenvalue weighted by atomic mass is 9.97. The summed E-state index contributed by atoms with van der Waals surface area (Å²) in [4.78, 5) is 25.6. The summed E-state index contributed by atoms with van der Waals surface area (Å²) >= 11 is 6.18. The maximum atomic E-state index is 12.9. The number of rotatable bonds is 6. The summed E-state index contributed by atoms with van der Waals surface area (Å²) in [5.41, 5.74) is 1.47. The largest absolute Gasteiger partial charge is 0.481 e. The van der Waals surface area contributed by atoms with Crippen molar-refractivity contribution in [3.63, 3.8) is 0 Å². The predicted molar refractivity (Wildman–Crippen MR) is 98.3 cm³/mol. The molecule has 1 aromatic heterocycles. The zero-order valence-electron chi connectivity index (χ0n) is 14.5. The molecule has 2 heterocycles. The standard InChI is InChI=1S/C19H22ClN3O3/c20-17-7-2-1-5-14(17)12-22-13-15(11-21-22)19(26)23-10-4-3-6-16(23)8-9-18(24)25/h1-2,5,7,11,13,16H,3-4,6,8-10,12H2,(H,24,25). The summed E-state index contributed by atoms with van der Waals surface area (Å²) in [5, 5.41) is 13.9. The molecule has 26 heavy (non-hydrogen) atoms. The van der Waals surface area contributed by atoms with Gasteiger partial charge < -0.3 is 10.0 Å². The number of carboxylic acid groups (broad SMARTS) is 1. The summed E-state index contributed by atoms with van der Waals surface area (Å²) < 4.78 is 1.70. The first-order chi connectivity index (χ1) is 12.5. The second-order valence-electron chi connectivity index (χ2n) is 6.60. The highest BCUT2D eigenvalue weighted by molar-refractivity contribution is 6.31. The highest BCUT2D eigenvalue weighted by Crippen LogP contribution is 2.23. The lowest BCUT2D eigenvalue weighted by Crippen LogP contribution is -2.43. The van der Waals surface area contributed by atoms with Crippen LogP contribution in [0.2, 0.25) is 5.02 Å². The van der Waals surface area contributed by atoms with Gasteiger partial charge >= 0.3 is 5.97 Å². The highest BCUT2D eigenvalue weighted by Gasteiger charge is 2.28. The Labute approximate surface area is 157 Å². The van der Waals surface area contributed by atoms with Crippen molar-refractivity contribution in [1.82, 2.24) is 14.7 Å². The molecule has 1 aromatic carbocycles. The molecule has 1 amide bonds. The summed E-state index contributed by atoms with van der Waals surface area (Å²) in [6.45, 7) is 1.16. The third-order valence-corrected chi connectivity index (χ3v) is 5.12. The molecule has 0 aliphatic carbocycles. The minimum atomic E-state index is -0.824. The van der Waals surface area contributed by atoms with Crippen LogP contribution in [0.1, 0.15) is 48.0 Å². The van der Waals surface area contributed by atoms with Crippen molar-refractivity contribution in [2.24, 2.45) is 0 Å². The van der Waals surface area contributed by atoms with Gasteiger partial charge in [-0.25, -0.2) is 0 Å². The molecule has 0 bridgehead atoms. The molecule has 6 nitrogen and oxygen atoms in total. The number of hydrogen-bond donors (Lipinski definition) is 1. The zero-order valence-corrected chi connectivity index (χ0v) is 15.2. The van der Waals surface area contributed by atoms with Crippen LogP contribution in [-0.2, 0) is 11.3 Å². The van der Waals surface area contributed by atoms with Gasteiger partial charge in [-0.05, 0) is 37.3 Å². The topological polar surface area (TPSA) is 75.4 Å². The van der Waals surface area contributed by atoms with E-state index in [0.717, 1.165) is 24.8 Å². The molecule has 1 saturated heterocycles. The van der Waals surface area contributed by atoms with Gasteiger partial charge in [0.25, 0.3) is 5.91 Å². The third-order valence-electron chi connectivity index (χ3n) is 4.75. The number of carboxylic acids is 1. The molecule has 0 spiro atoms. The monoisotopic (exact) mass is 375 g/mol. The summed E-state index contributed by atoms with van der Waals surface area (Å²) in [5.74, 6) is -0.902. The lowest BCUT2D eigenvalue weighted by Gasteiger charge is -2.35. The Bertz CT molecular complexity index is 790. The lowest BCUT2D eigenvalue weighted by molar-refractivity contribution is -0.137. The van der Waals surface area contributed by atoms with Crippen molar-refractivity contribution in [3.8, 4) is 0 Å². The van der Waals surface area contributed by atoms with E-state index in [1.54, 1.807) is 17.1 Å². The van der Waals surface area contributed by atoms with Gasteiger partial charge in [-0.1, -0.05) is 29.8 Å². The van der Waals surface area contributed by atoms with E-state index < -0.39 is 5.97 Å². The van der Waals surface area contributed by atoms with Crippen LogP contribution in [0.3, 0.4) is 0 Å². The van der Waals surface area contributed by atoms with Crippen molar-refractivity contribution in [3.05, 3.63) is 52.8 Å². The molecule has 7 heteroatoms. The van der Waals surface area contributed by atoms with Gasteiger partial charge in [0, 0.05) is 30.2 Å². The molecule has 1 atom stereocenters. The number of likely N-dealkylation sites (tertiary alicyclic amines) is 1. The van der Waals surface area contributed by atoms with Gasteiger partial charge in [-0.2, -0.15) is 5.10 Å². The minimum Gasteiger partial charge on any atom is -0.481 e. The van der Waals surface area contributed by atoms with Crippen LogP contribution in [0.5, 0.6) is 0 Å². The zero-order chi connectivity index (χ0) is 18.5. The van der Waals surface area contributed by atoms with Crippen LogP contribution in [0.25, 0.3) is 0 Å². The molecule has 0 saturated carbocycles. The summed E-state index contributed by atoms with van der Waals surface area (Å²) in [7, 11) is 0. The van der Waals surface area contributed by atoms with Crippen LogP contribution in [-0.4, -0.2) is 44.3 Å². The molecule has 138 valence electrons. The fourth-order valence-corrected chi connectivity index (χ4v) is 3.58. The van der Waals surface area contributed by atoms with Gasteiger partial charge in [0.05, 0.1) is 18.3 Å². The van der Waals surface area contributed by atoms with Crippen molar-refractivity contribution < 1.29 is 14.7 Å².